The average Bonchev–Trinajstić information content (AvgIpc) is 3.86. The smallest absolute Gasteiger partial charge is 0.387 e. The number of nitrogens with one attached hydrogen (secondary N) is 2. The predicted octanol–water partition coefficient (Wildman–Crippen LogP) is -2.38. The van der Waals surface area contributed by atoms with Crippen molar-refractivity contribution < 1.29 is 80.5 Å². The molecule has 2 fully saturated rings. The molecule has 7 rings (SSSR count). The number of aliphatic hydroxyl groups excluding tert-OH is 4. The summed E-state index contributed by atoms with van der Waals surface area (Å²) < 4.78 is 70.1. The van der Waals surface area contributed by atoms with Gasteiger partial charge in [0.15, 0.2) is 23.7 Å². The molecule has 11 atom stereocenters. The number of phosphoric acid groups is 3. The number of aromatic amines is 2. The van der Waals surface area contributed by atoms with E-state index in [1.807, 2.05) is 0 Å². The van der Waals surface area contributed by atoms with Crippen LogP contribution in [0.1, 0.15) is 18.0 Å². The molecule has 59 heavy (non-hydrogen) atoms. The van der Waals surface area contributed by atoms with E-state index >= 15 is 0 Å². The minimum Gasteiger partial charge on any atom is -0.387 e. The van der Waals surface area contributed by atoms with Crippen molar-refractivity contribution in [2.75, 3.05) is 24.7 Å². The van der Waals surface area contributed by atoms with E-state index < -0.39 is 96.9 Å². The molecule has 2 saturated heterocycles. The van der Waals surface area contributed by atoms with Crippen LogP contribution in [-0.2, 0) is 47.4 Å². The van der Waals surface area contributed by atoms with Crippen LogP contribution in [0.25, 0.3) is 22.3 Å². The molecule has 2 aliphatic heterocycles. The number of hydrogen-bond acceptors (Lipinski definition) is 20. The summed E-state index contributed by atoms with van der Waals surface area (Å²) in [7, 11) is -17.5. The van der Waals surface area contributed by atoms with Crippen LogP contribution in [0.3, 0.4) is 0 Å². The topological polar surface area (TPSA) is 418 Å². The Balaban J connectivity index is 0.968. The number of aromatic nitrogens is 8. The van der Waals surface area contributed by atoms with Crippen molar-refractivity contribution in [3.05, 3.63) is 68.2 Å². The Hall–Kier alpha value is -4.02. The number of H-pyrrole nitrogens is 2. The standard InChI is InChI=1S/C27H32ClN10O18P3/c28-11-3-1-10(2-4-11)5-36-9-38(21-15(36)23(44)35-27(30)33-21)25-19(42)17(40)13(54-25)7-52-58(47,48)56-59(49,50)55-57(45,46)51-6-12-16(39)18(41)24(53-12)37-8-31-14-20(37)32-26(29)34-22(14)43/h1-4,8-9,12-13,16-19,24-25,39-42H,5-7H2,(H8-,29,30,32,33,34,35,43,44,45,46,47,48,49,50)/p+1/t12-,13+,16-,17+,18-,19+,24+,25+/m0/s1. The number of nitrogen functional groups attached to an aromatic ring is 2. The van der Waals surface area contributed by atoms with Gasteiger partial charge >= 0.3 is 29.1 Å². The molecule has 320 valence electrons. The number of imidazole rings is 2. The fraction of sp³-hybridized carbons (Fsp3) is 0.407. The number of fused-ring (bicyclic) bond motifs is 2. The zero-order chi connectivity index (χ0) is 42.8. The van der Waals surface area contributed by atoms with Crippen LogP contribution in [0.15, 0.2) is 46.5 Å². The molecule has 2 aliphatic rings. The molecular weight excluding hydrogens is 881 g/mol. The van der Waals surface area contributed by atoms with Crippen LogP contribution in [0.5, 0.6) is 0 Å². The highest BCUT2D eigenvalue weighted by molar-refractivity contribution is 7.66. The van der Waals surface area contributed by atoms with E-state index in [0.717, 1.165) is 10.9 Å². The third-order valence-electron chi connectivity index (χ3n) is 8.85. The molecule has 0 amide bonds. The number of nitrogens with zero attached hydrogens (tertiary/aromatic N) is 6. The number of benzene rings is 1. The van der Waals surface area contributed by atoms with Crippen LogP contribution in [0.4, 0.5) is 11.9 Å². The first-order valence-electron chi connectivity index (χ1n) is 16.6. The van der Waals surface area contributed by atoms with Crippen molar-refractivity contribution in [1.82, 2.24) is 34.1 Å². The number of aliphatic hydroxyl groups is 4. The predicted molar refractivity (Wildman–Crippen MR) is 193 cm³/mol. The molecular formula is C27H33ClN10O18P3+. The molecule has 0 radical (unpaired) electrons. The summed E-state index contributed by atoms with van der Waals surface area (Å²) in [4.78, 5) is 71.8. The van der Waals surface area contributed by atoms with Gasteiger partial charge in [-0.25, -0.2) is 23.2 Å². The molecule has 1 aromatic carbocycles. The lowest BCUT2D eigenvalue weighted by molar-refractivity contribution is -0.745. The summed E-state index contributed by atoms with van der Waals surface area (Å²) in [6, 6.07) is 6.63. The van der Waals surface area contributed by atoms with Crippen molar-refractivity contribution in [3.63, 3.8) is 0 Å². The molecule has 4 aromatic heterocycles. The summed E-state index contributed by atoms with van der Waals surface area (Å²) in [5.41, 5.74) is 10.1. The molecule has 5 aromatic rings. The van der Waals surface area contributed by atoms with Crippen LogP contribution in [0.2, 0.25) is 5.02 Å². The number of phosphoric ester groups is 2. The number of anilines is 2. The molecule has 3 unspecified atom stereocenters. The van der Waals surface area contributed by atoms with E-state index in [1.165, 1.54) is 15.5 Å². The van der Waals surface area contributed by atoms with E-state index in [0.29, 0.717) is 10.6 Å². The van der Waals surface area contributed by atoms with Crippen LogP contribution in [-0.4, -0.2) is 119 Å². The van der Waals surface area contributed by atoms with Gasteiger partial charge in [0.1, 0.15) is 36.6 Å². The van der Waals surface area contributed by atoms with Gasteiger partial charge in [0.2, 0.25) is 17.7 Å². The molecule has 0 saturated carbocycles. The Bertz CT molecular complexity index is 2660. The fourth-order valence-corrected chi connectivity index (χ4v) is 9.89. The van der Waals surface area contributed by atoms with E-state index in [4.69, 9.17) is 32.5 Å². The summed E-state index contributed by atoms with van der Waals surface area (Å²) in [5, 5.41) is 43.2. The van der Waals surface area contributed by atoms with Crippen molar-refractivity contribution in [2.45, 2.75) is 55.6 Å². The quantitative estimate of drug-likeness (QED) is 0.0409. The zero-order valence-corrected chi connectivity index (χ0v) is 32.8. The fourth-order valence-electron chi connectivity index (χ4n) is 6.25. The SMILES string of the molecule is Nc1nc2c(ncn2[C@@H]2O[C@@H](COP(=O)(O)OP(=O)(O)OP(=O)(O)OC[C@H]3O[C@@H]([n+]4cn(Cc5ccc(Cl)cc5)c5c(=O)[nH]c(N)nc54)[C@H](O)[C@@H]3O)[C@H](O)[C@@H]2O)c(=O)[nH]1. The summed E-state index contributed by atoms with van der Waals surface area (Å²) in [6.07, 6.45) is -11.2. The van der Waals surface area contributed by atoms with E-state index in [1.54, 1.807) is 24.3 Å². The minimum absolute atomic E-state index is 0.0180. The number of rotatable bonds is 14. The second-order valence-corrected chi connectivity index (χ2v) is 18.0. The molecule has 28 nitrogen and oxygen atoms in total. The molecule has 32 heteroatoms. The third kappa shape index (κ3) is 9.05. The molecule has 0 bridgehead atoms. The van der Waals surface area contributed by atoms with E-state index in [9.17, 15) is 58.4 Å². The second kappa shape index (κ2) is 16.1. The molecule has 0 spiro atoms. The van der Waals surface area contributed by atoms with Gasteiger partial charge in [-0.05, 0) is 17.7 Å². The van der Waals surface area contributed by atoms with Crippen LogP contribution >= 0.6 is 35.1 Å². The molecule has 6 heterocycles. The lowest BCUT2D eigenvalue weighted by atomic mass is 10.1. The Morgan fingerprint density at radius 2 is 1.39 bits per heavy atom. The summed E-state index contributed by atoms with van der Waals surface area (Å²) in [6.45, 7) is -2.12. The van der Waals surface area contributed by atoms with Crippen molar-refractivity contribution in [3.8, 4) is 0 Å². The van der Waals surface area contributed by atoms with E-state index in [2.05, 4.69) is 42.6 Å². The number of halogens is 1. The number of hydrogen-bond donors (Lipinski definition) is 11. The largest absolute Gasteiger partial charge is 0.490 e. The normalized spacial score (nSPS) is 27.9. The zero-order valence-electron chi connectivity index (χ0n) is 29.4. The molecule has 13 N–H and O–H groups in total. The van der Waals surface area contributed by atoms with Gasteiger partial charge in [-0.1, -0.05) is 28.7 Å². The second-order valence-electron chi connectivity index (χ2n) is 12.9. The first-order valence-corrected chi connectivity index (χ1v) is 21.5. The Morgan fingerprint density at radius 1 is 0.814 bits per heavy atom. The van der Waals surface area contributed by atoms with Crippen LogP contribution in [0, 0.1) is 0 Å². The van der Waals surface area contributed by atoms with Gasteiger partial charge in [0.05, 0.1) is 26.1 Å². The molecule has 0 aliphatic carbocycles. The Labute approximate surface area is 331 Å². The van der Waals surface area contributed by atoms with Gasteiger partial charge in [0, 0.05) is 5.02 Å². The maximum Gasteiger partial charge on any atom is 0.490 e. The maximum atomic E-state index is 12.9. The Morgan fingerprint density at radius 3 is 2.03 bits per heavy atom. The highest BCUT2D eigenvalue weighted by Gasteiger charge is 2.50. The van der Waals surface area contributed by atoms with Gasteiger partial charge in [-0.3, -0.25) is 37.7 Å². The van der Waals surface area contributed by atoms with Gasteiger partial charge in [-0.15, -0.1) is 0 Å². The maximum absolute atomic E-state index is 12.9. The highest BCUT2D eigenvalue weighted by atomic mass is 35.5. The average molecular weight is 914 g/mol. The highest BCUT2D eigenvalue weighted by Crippen LogP contribution is 2.67. The number of nitrogens with two attached hydrogens (primary N) is 2. The van der Waals surface area contributed by atoms with Crippen molar-refractivity contribution in [1.29, 1.82) is 0 Å². The van der Waals surface area contributed by atoms with Gasteiger partial charge in [-0.2, -0.15) is 13.6 Å². The van der Waals surface area contributed by atoms with Crippen molar-refractivity contribution >= 4 is 69.3 Å². The summed E-state index contributed by atoms with van der Waals surface area (Å²) >= 11 is 5.97. The third-order valence-corrected chi connectivity index (χ3v) is 13.4. The first-order chi connectivity index (χ1) is 27.6. The van der Waals surface area contributed by atoms with E-state index in [-0.39, 0.29) is 40.8 Å². The van der Waals surface area contributed by atoms with Gasteiger partial charge in [0.25, 0.3) is 17.1 Å². The first kappa shape index (κ1) is 43.1. The monoisotopic (exact) mass is 913 g/mol. The number of ether oxygens (including phenoxy) is 2. The lowest BCUT2D eigenvalue weighted by Gasteiger charge is -2.21. The minimum atomic E-state index is -6.04. The van der Waals surface area contributed by atoms with Crippen molar-refractivity contribution in [2.24, 2.45) is 0 Å². The lowest BCUT2D eigenvalue weighted by Crippen LogP contribution is -2.46. The Kier molecular flexibility index (Phi) is 11.8. The summed E-state index contributed by atoms with van der Waals surface area (Å²) in [5.74, 6) is -0.619. The van der Waals surface area contributed by atoms with Gasteiger partial charge < -0.3 is 56.0 Å². The van der Waals surface area contributed by atoms with Crippen LogP contribution < -0.4 is 27.2 Å².